The van der Waals surface area contributed by atoms with E-state index in [-0.39, 0.29) is 18.3 Å². The number of amides is 1. The van der Waals surface area contributed by atoms with Crippen LogP contribution in [0.3, 0.4) is 0 Å². The Kier molecular flexibility index (Phi) is 5.62. The van der Waals surface area contributed by atoms with Gasteiger partial charge in [0.05, 0.1) is 0 Å². The molecule has 116 valence electrons. The van der Waals surface area contributed by atoms with E-state index in [0.29, 0.717) is 6.04 Å². The predicted molar refractivity (Wildman–Crippen MR) is 87.2 cm³/mol. The van der Waals surface area contributed by atoms with Gasteiger partial charge in [-0.2, -0.15) is 0 Å². The van der Waals surface area contributed by atoms with E-state index in [9.17, 15) is 4.79 Å². The van der Waals surface area contributed by atoms with Crippen molar-refractivity contribution < 1.29 is 4.79 Å². The van der Waals surface area contributed by atoms with E-state index < -0.39 is 0 Å². The number of hydrogen-bond acceptors (Lipinski definition) is 3. The largest absolute Gasteiger partial charge is 0.337 e. The van der Waals surface area contributed by atoms with Crippen LogP contribution in [0.4, 0.5) is 0 Å². The Morgan fingerprint density at radius 2 is 1.81 bits per heavy atom. The fourth-order valence-electron chi connectivity index (χ4n) is 3.15. The van der Waals surface area contributed by atoms with Gasteiger partial charge >= 0.3 is 0 Å². The molecule has 0 bridgehead atoms. The third-order valence-corrected chi connectivity index (χ3v) is 4.42. The molecule has 1 N–H and O–H groups in total. The maximum atomic E-state index is 12.5. The lowest BCUT2D eigenvalue weighted by molar-refractivity contribution is 0.0773. The van der Waals surface area contributed by atoms with E-state index in [1.54, 1.807) is 0 Å². The molecule has 2 saturated heterocycles. The van der Waals surface area contributed by atoms with Gasteiger partial charge in [-0.25, -0.2) is 0 Å². The molecule has 1 atom stereocenters. The average Bonchev–Trinajstić information content (AvgIpc) is 2.98. The second-order valence-electron chi connectivity index (χ2n) is 5.85. The molecule has 2 aliphatic heterocycles. The van der Waals surface area contributed by atoms with Crippen molar-refractivity contribution in [1.82, 2.24) is 15.1 Å². The van der Waals surface area contributed by atoms with Crippen molar-refractivity contribution in [3.8, 4) is 0 Å². The van der Waals surface area contributed by atoms with Gasteiger partial charge in [0.1, 0.15) is 0 Å². The summed E-state index contributed by atoms with van der Waals surface area (Å²) in [7, 11) is 0. The summed E-state index contributed by atoms with van der Waals surface area (Å²) in [6, 6.07) is 8.45. The number of halogens is 1. The van der Waals surface area contributed by atoms with Gasteiger partial charge in [0.25, 0.3) is 5.91 Å². The van der Waals surface area contributed by atoms with Gasteiger partial charge in [0.15, 0.2) is 0 Å². The van der Waals surface area contributed by atoms with Gasteiger partial charge < -0.3 is 10.2 Å². The molecule has 2 fully saturated rings. The molecule has 1 unspecified atom stereocenters. The Morgan fingerprint density at radius 1 is 1.14 bits per heavy atom. The fourth-order valence-corrected chi connectivity index (χ4v) is 3.15. The number of nitrogens with zero attached hydrogens (tertiary/aromatic N) is 2. The first-order chi connectivity index (χ1) is 9.74. The molecule has 1 aromatic rings. The lowest BCUT2D eigenvalue weighted by Crippen LogP contribution is -2.49. The molecule has 2 heterocycles. The van der Waals surface area contributed by atoms with Crippen molar-refractivity contribution in [3.05, 3.63) is 35.4 Å². The predicted octanol–water partition coefficient (Wildman–Crippen LogP) is 1.54. The summed E-state index contributed by atoms with van der Waals surface area (Å²) in [5.41, 5.74) is 2.01. The van der Waals surface area contributed by atoms with Crippen molar-refractivity contribution in [3.63, 3.8) is 0 Å². The molecule has 0 radical (unpaired) electrons. The fraction of sp³-hybridized carbons (Fsp3) is 0.562. The summed E-state index contributed by atoms with van der Waals surface area (Å²) in [6.45, 7) is 8.18. The zero-order chi connectivity index (χ0) is 13.9. The second kappa shape index (κ2) is 7.25. The Hall–Kier alpha value is -1.10. The molecule has 4 nitrogen and oxygen atoms in total. The summed E-state index contributed by atoms with van der Waals surface area (Å²) in [4.78, 5) is 17.0. The minimum absolute atomic E-state index is 0. The minimum atomic E-state index is 0. The van der Waals surface area contributed by atoms with Crippen LogP contribution in [-0.2, 0) is 0 Å². The Balaban J connectivity index is 0.00000161. The molecule has 0 aromatic heterocycles. The Morgan fingerprint density at radius 3 is 2.48 bits per heavy atom. The smallest absolute Gasteiger partial charge is 0.253 e. The third-order valence-electron chi connectivity index (χ3n) is 4.42. The quantitative estimate of drug-likeness (QED) is 0.900. The van der Waals surface area contributed by atoms with Gasteiger partial charge in [0, 0.05) is 50.9 Å². The van der Waals surface area contributed by atoms with Crippen molar-refractivity contribution in [2.75, 3.05) is 39.3 Å². The summed E-state index contributed by atoms with van der Waals surface area (Å²) >= 11 is 0. The van der Waals surface area contributed by atoms with Crippen LogP contribution in [-0.4, -0.2) is 61.0 Å². The normalized spacial score (nSPS) is 22.9. The molecule has 0 aliphatic carbocycles. The van der Waals surface area contributed by atoms with Gasteiger partial charge in [-0.1, -0.05) is 17.7 Å². The summed E-state index contributed by atoms with van der Waals surface area (Å²) < 4.78 is 0. The zero-order valence-corrected chi connectivity index (χ0v) is 13.4. The highest BCUT2D eigenvalue weighted by Crippen LogP contribution is 2.18. The highest BCUT2D eigenvalue weighted by Gasteiger charge is 2.31. The van der Waals surface area contributed by atoms with Crippen LogP contribution in [0.25, 0.3) is 0 Å². The first-order valence-electron chi connectivity index (χ1n) is 7.55. The van der Waals surface area contributed by atoms with E-state index >= 15 is 0 Å². The topological polar surface area (TPSA) is 35.6 Å². The summed E-state index contributed by atoms with van der Waals surface area (Å²) in [5.74, 6) is 0.183. The number of hydrogen-bond donors (Lipinski definition) is 1. The van der Waals surface area contributed by atoms with Crippen LogP contribution >= 0.6 is 12.4 Å². The average molecular weight is 310 g/mol. The van der Waals surface area contributed by atoms with Gasteiger partial charge in [-0.15, -0.1) is 12.4 Å². The van der Waals surface area contributed by atoms with Crippen LogP contribution in [0.5, 0.6) is 0 Å². The summed E-state index contributed by atoms with van der Waals surface area (Å²) in [6.07, 6.45) is 1.11. The van der Waals surface area contributed by atoms with E-state index in [1.807, 2.05) is 36.1 Å². The Labute approximate surface area is 132 Å². The summed E-state index contributed by atoms with van der Waals surface area (Å²) in [5, 5.41) is 3.38. The number of rotatable bonds is 2. The molecular weight excluding hydrogens is 286 g/mol. The molecule has 3 rings (SSSR count). The highest BCUT2D eigenvalue weighted by molar-refractivity contribution is 5.94. The molecular formula is C16H24ClN3O. The number of nitrogens with one attached hydrogen (secondary N) is 1. The molecule has 0 spiro atoms. The number of aryl methyl sites for hydroxylation is 1. The maximum absolute atomic E-state index is 12.5. The Bertz CT molecular complexity index is 471. The van der Waals surface area contributed by atoms with Crippen LogP contribution in [0.1, 0.15) is 22.3 Å². The van der Waals surface area contributed by atoms with Crippen molar-refractivity contribution in [1.29, 1.82) is 0 Å². The van der Waals surface area contributed by atoms with Crippen molar-refractivity contribution in [2.45, 2.75) is 19.4 Å². The highest BCUT2D eigenvalue weighted by atomic mass is 35.5. The van der Waals surface area contributed by atoms with Crippen molar-refractivity contribution in [2.24, 2.45) is 0 Å². The van der Waals surface area contributed by atoms with Gasteiger partial charge in [-0.05, 0) is 25.5 Å². The van der Waals surface area contributed by atoms with Crippen LogP contribution in [0.15, 0.2) is 24.3 Å². The third kappa shape index (κ3) is 3.76. The van der Waals surface area contributed by atoms with Crippen LogP contribution in [0.2, 0.25) is 0 Å². The molecule has 5 heteroatoms. The first-order valence-corrected chi connectivity index (χ1v) is 7.55. The second-order valence-corrected chi connectivity index (χ2v) is 5.85. The van der Waals surface area contributed by atoms with Crippen LogP contribution < -0.4 is 5.32 Å². The lowest BCUT2D eigenvalue weighted by Gasteiger charge is -2.32. The monoisotopic (exact) mass is 309 g/mol. The minimum Gasteiger partial charge on any atom is -0.337 e. The lowest BCUT2D eigenvalue weighted by atomic mass is 10.1. The molecule has 2 aliphatic rings. The first kappa shape index (κ1) is 16.3. The number of piperazine rings is 1. The SMILES string of the molecule is Cc1ccc(C(=O)N2CCC(N3CCNCC3)C2)cc1.Cl. The van der Waals surface area contributed by atoms with E-state index in [1.165, 1.54) is 5.56 Å². The van der Waals surface area contributed by atoms with E-state index in [2.05, 4.69) is 10.2 Å². The number of carbonyl (C=O) groups excluding carboxylic acids is 1. The maximum Gasteiger partial charge on any atom is 0.253 e. The molecule has 1 amide bonds. The zero-order valence-electron chi connectivity index (χ0n) is 12.5. The standard InChI is InChI=1S/C16H23N3O.ClH/c1-13-2-4-14(5-3-13)16(20)19-9-6-15(12-19)18-10-7-17-8-11-18;/h2-5,15,17H,6-12H2,1H3;1H. The molecule has 0 saturated carbocycles. The number of carbonyl (C=O) groups is 1. The molecule has 1 aromatic carbocycles. The van der Waals surface area contributed by atoms with Crippen LogP contribution in [0, 0.1) is 6.92 Å². The van der Waals surface area contributed by atoms with Gasteiger partial charge in [-0.3, -0.25) is 9.69 Å². The number of benzene rings is 1. The van der Waals surface area contributed by atoms with E-state index in [4.69, 9.17) is 0 Å². The molecule has 21 heavy (non-hydrogen) atoms. The number of likely N-dealkylation sites (tertiary alicyclic amines) is 1. The van der Waals surface area contributed by atoms with Crippen molar-refractivity contribution >= 4 is 18.3 Å². The van der Waals surface area contributed by atoms with E-state index in [0.717, 1.165) is 51.3 Å². The van der Waals surface area contributed by atoms with Gasteiger partial charge in [0.2, 0.25) is 0 Å².